The molecule has 0 aromatic rings. The third kappa shape index (κ3) is 7.15. The molecule has 110 valence electrons. The van der Waals surface area contributed by atoms with Crippen LogP contribution >= 0.6 is 0 Å². The average Bonchev–Trinajstić information content (AvgIpc) is 2.46. The minimum absolute atomic E-state index is 0.131. The van der Waals surface area contributed by atoms with E-state index in [1.807, 2.05) is 4.90 Å². The molecule has 0 aromatic heterocycles. The van der Waals surface area contributed by atoms with Crippen molar-refractivity contribution in [3.8, 4) is 0 Å². The topological polar surface area (TPSA) is 58.6 Å². The van der Waals surface area contributed by atoms with Gasteiger partial charge in [0.15, 0.2) is 0 Å². The Kier molecular flexibility index (Phi) is 8.21. The van der Waals surface area contributed by atoms with E-state index in [0.717, 1.165) is 58.3 Å². The van der Waals surface area contributed by atoms with Crippen LogP contribution in [0.5, 0.6) is 0 Å². The van der Waals surface area contributed by atoms with Crippen LogP contribution in [0.4, 0.5) is 0 Å². The lowest BCUT2D eigenvalue weighted by atomic mass is 10.1. The quantitative estimate of drug-likeness (QED) is 0.534. The zero-order valence-electron chi connectivity index (χ0n) is 12.0. The van der Waals surface area contributed by atoms with E-state index in [9.17, 15) is 9.59 Å². The van der Waals surface area contributed by atoms with Crippen molar-refractivity contribution in [1.29, 1.82) is 0 Å². The summed E-state index contributed by atoms with van der Waals surface area (Å²) in [5.41, 5.74) is 0. The predicted molar refractivity (Wildman–Crippen MR) is 73.8 cm³/mol. The largest absolute Gasteiger partial charge is 0.469 e. The van der Waals surface area contributed by atoms with Crippen molar-refractivity contribution >= 4 is 11.9 Å². The molecule has 19 heavy (non-hydrogen) atoms. The second-order valence-corrected chi connectivity index (χ2v) is 4.97. The van der Waals surface area contributed by atoms with Crippen molar-refractivity contribution in [1.82, 2.24) is 10.2 Å². The Balaban J connectivity index is 1.92. The van der Waals surface area contributed by atoms with Gasteiger partial charge in [-0.05, 0) is 12.8 Å². The second kappa shape index (κ2) is 9.78. The fourth-order valence-electron chi connectivity index (χ4n) is 2.25. The number of ether oxygens (including phenoxy) is 1. The second-order valence-electron chi connectivity index (χ2n) is 4.97. The normalized spacial score (nSPS) is 15.3. The number of piperazine rings is 1. The molecule has 1 amide bonds. The van der Waals surface area contributed by atoms with Crippen LogP contribution < -0.4 is 5.32 Å². The molecular formula is C14H26N2O3. The SMILES string of the molecule is COC(=O)CCCCCCCC(=O)N1CCNCC1. The standard InChI is InChI=1S/C14H26N2O3/c1-19-14(18)8-6-4-2-3-5-7-13(17)16-11-9-15-10-12-16/h15H,2-12H2,1H3. The lowest BCUT2D eigenvalue weighted by Gasteiger charge is -2.27. The first kappa shape index (κ1) is 16.0. The van der Waals surface area contributed by atoms with Gasteiger partial charge in [0.05, 0.1) is 7.11 Å². The Hall–Kier alpha value is -1.10. The number of nitrogens with one attached hydrogen (secondary N) is 1. The first-order chi connectivity index (χ1) is 9.24. The number of methoxy groups -OCH3 is 1. The predicted octanol–water partition coefficient (Wildman–Crippen LogP) is 1.32. The van der Waals surface area contributed by atoms with Crippen LogP contribution in [0.1, 0.15) is 44.9 Å². The zero-order valence-corrected chi connectivity index (χ0v) is 12.0. The van der Waals surface area contributed by atoms with Crippen LogP contribution in [-0.2, 0) is 14.3 Å². The van der Waals surface area contributed by atoms with Gasteiger partial charge in [0.2, 0.25) is 5.91 Å². The van der Waals surface area contributed by atoms with Crippen LogP contribution in [-0.4, -0.2) is 50.1 Å². The molecule has 0 spiro atoms. The summed E-state index contributed by atoms with van der Waals surface area (Å²) >= 11 is 0. The maximum Gasteiger partial charge on any atom is 0.305 e. The average molecular weight is 270 g/mol. The van der Waals surface area contributed by atoms with Crippen molar-refractivity contribution in [3.05, 3.63) is 0 Å². The molecule has 1 aliphatic rings. The fourth-order valence-corrected chi connectivity index (χ4v) is 2.25. The van der Waals surface area contributed by atoms with E-state index in [1.54, 1.807) is 0 Å². The first-order valence-corrected chi connectivity index (χ1v) is 7.29. The van der Waals surface area contributed by atoms with Crippen LogP contribution in [0.3, 0.4) is 0 Å². The summed E-state index contributed by atoms with van der Waals surface area (Å²) in [4.78, 5) is 24.7. The summed E-state index contributed by atoms with van der Waals surface area (Å²) < 4.78 is 4.58. The molecule has 1 saturated heterocycles. The Morgan fingerprint density at radius 3 is 2.21 bits per heavy atom. The highest BCUT2D eigenvalue weighted by Gasteiger charge is 2.14. The van der Waals surface area contributed by atoms with E-state index >= 15 is 0 Å². The highest BCUT2D eigenvalue weighted by atomic mass is 16.5. The van der Waals surface area contributed by atoms with Crippen LogP contribution in [0.25, 0.3) is 0 Å². The molecule has 0 atom stereocenters. The van der Waals surface area contributed by atoms with E-state index in [2.05, 4.69) is 10.1 Å². The third-order valence-electron chi connectivity index (χ3n) is 3.47. The van der Waals surface area contributed by atoms with Gasteiger partial charge in [0.1, 0.15) is 0 Å². The number of rotatable bonds is 8. The summed E-state index contributed by atoms with van der Waals surface area (Å²) in [7, 11) is 1.42. The number of hydrogen-bond donors (Lipinski definition) is 1. The van der Waals surface area contributed by atoms with Crippen LogP contribution in [0, 0.1) is 0 Å². The van der Waals surface area contributed by atoms with Crippen molar-refractivity contribution in [2.75, 3.05) is 33.3 Å². The molecule has 1 fully saturated rings. The summed E-state index contributed by atoms with van der Waals surface area (Å²) in [6.45, 7) is 3.52. The number of esters is 1. The van der Waals surface area contributed by atoms with Gasteiger partial charge in [-0.15, -0.1) is 0 Å². The van der Waals surface area contributed by atoms with Gasteiger partial charge in [-0.1, -0.05) is 19.3 Å². The number of amides is 1. The Bertz CT molecular complexity index is 276. The summed E-state index contributed by atoms with van der Waals surface area (Å²) in [5.74, 6) is 0.157. The number of carbonyl (C=O) groups excluding carboxylic acids is 2. The van der Waals surface area contributed by atoms with Gasteiger partial charge in [0.25, 0.3) is 0 Å². The molecule has 0 aliphatic carbocycles. The molecule has 1 N–H and O–H groups in total. The summed E-state index contributed by atoms with van der Waals surface area (Å²) in [5, 5.41) is 3.24. The molecule has 1 aliphatic heterocycles. The smallest absolute Gasteiger partial charge is 0.305 e. The summed E-state index contributed by atoms with van der Waals surface area (Å²) in [6.07, 6.45) is 6.22. The maximum absolute atomic E-state index is 11.9. The number of unbranched alkanes of at least 4 members (excludes halogenated alkanes) is 4. The van der Waals surface area contributed by atoms with E-state index in [4.69, 9.17) is 0 Å². The molecule has 5 heteroatoms. The van der Waals surface area contributed by atoms with E-state index < -0.39 is 0 Å². The van der Waals surface area contributed by atoms with Crippen molar-refractivity contribution in [2.45, 2.75) is 44.9 Å². The molecule has 0 saturated carbocycles. The molecule has 0 bridgehead atoms. The number of nitrogens with zero attached hydrogens (tertiary/aromatic N) is 1. The van der Waals surface area contributed by atoms with Crippen molar-refractivity contribution in [2.24, 2.45) is 0 Å². The minimum Gasteiger partial charge on any atom is -0.469 e. The summed E-state index contributed by atoms with van der Waals surface area (Å²) in [6, 6.07) is 0. The molecule has 1 rings (SSSR count). The highest BCUT2D eigenvalue weighted by molar-refractivity contribution is 5.76. The lowest BCUT2D eigenvalue weighted by Crippen LogP contribution is -2.46. The first-order valence-electron chi connectivity index (χ1n) is 7.29. The van der Waals surface area contributed by atoms with Crippen LogP contribution in [0.15, 0.2) is 0 Å². The number of carbonyl (C=O) groups is 2. The molecule has 0 aromatic carbocycles. The Morgan fingerprint density at radius 2 is 1.58 bits per heavy atom. The van der Waals surface area contributed by atoms with Gasteiger partial charge in [-0.25, -0.2) is 0 Å². The minimum atomic E-state index is -0.131. The van der Waals surface area contributed by atoms with Gasteiger partial charge in [-0.2, -0.15) is 0 Å². The lowest BCUT2D eigenvalue weighted by molar-refractivity contribution is -0.140. The molecule has 0 unspecified atom stereocenters. The Labute approximate surface area is 115 Å². The monoisotopic (exact) mass is 270 g/mol. The molecular weight excluding hydrogens is 244 g/mol. The zero-order chi connectivity index (χ0) is 13.9. The van der Waals surface area contributed by atoms with E-state index in [1.165, 1.54) is 7.11 Å². The van der Waals surface area contributed by atoms with Crippen molar-refractivity contribution < 1.29 is 14.3 Å². The molecule has 0 radical (unpaired) electrons. The van der Waals surface area contributed by atoms with Gasteiger partial charge < -0.3 is 15.0 Å². The van der Waals surface area contributed by atoms with E-state index in [0.29, 0.717) is 12.8 Å². The van der Waals surface area contributed by atoms with E-state index in [-0.39, 0.29) is 11.9 Å². The maximum atomic E-state index is 11.9. The fraction of sp³-hybridized carbons (Fsp3) is 0.857. The van der Waals surface area contributed by atoms with Crippen molar-refractivity contribution in [3.63, 3.8) is 0 Å². The molecule has 5 nitrogen and oxygen atoms in total. The van der Waals surface area contributed by atoms with Crippen LogP contribution in [0.2, 0.25) is 0 Å². The Morgan fingerprint density at radius 1 is 1.00 bits per heavy atom. The number of hydrogen-bond acceptors (Lipinski definition) is 4. The van der Waals surface area contributed by atoms with Gasteiger partial charge >= 0.3 is 5.97 Å². The van der Waals surface area contributed by atoms with Gasteiger partial charge in [0, 0.05) is 39.0 Å². The highest BCUT2D eigenvalue weighted by Crippen LogP contribution is 2.09. The third-order valence-corrected chi connectivity index (χ3v) is 3.47. The van der Waals surface area contributed by atoms with Gasteiger partial charge in [-0.3, -0.25) is 9.59 Å². The molecule has 1 heterocycles.